The third kappa shape index (κ3) is 4.91. The number of rotatable bonds is 6. The van der Waals surface area contributed by atoms with Gasteiger partial charge in [0.1, 0.15) is 0 Å². The smallest absolute Gasteiger partial charge is 0.262 e. The zero-order chi connectivity index (χ0) is 20.2. The topological polar surface area (TPSA) is 47.4 Å². The Hall–Kier alpha value is -1.67. The van der Waals surface area contributed by atoms with Gasteiger partial charge in [-0.2, -0.15) is 0 Å². The lowest BCUT2D eigenvalue weighted by Gasteiger charge is -2.32. The molecule has 1 aliphatic heterocycles. The lowest BCUT2D eigenvalue weighted by molar-refractivity contribution is -0.0187. The van der Waals surface area contributed by atoms with Crippen LogP contribution in [0.15, 0.2) is 63.0 Å². The standard InChI is InChI=1S/C22H24BrN3O2S/c1-2-26-21(27)19-12-17(23)8-9-20(19)24-22(26)29-15-18-14-25(10-11-28-18)13-16-6-4-3-5-7-16/h3-9,12,18H,2,10-11,13-15H2,1H3. The first-order valence-corrected chi connectivity index (χ1v) is 11.6. The zero-order valence-corrected chi connectivity index (χ0v) is 18.8. The van der Waals surface area contributed by atoms with Crippen LogP contribution in [0.4, 0.5) is 0 Å². The van der Waals surface area contributed by atoms with Crippen LogP contribution in [-0.4, -0.2) is 46.0 Å². The van der Waals surface area contributed by atoms with Crippen molar-refractivity contribution in [1.82, 2.24) is 14.5 Å². The summed E-state index contributed by atoms with van der Waals surface area (Å²) in [5, 5.41) is 1.41. The number of aromatic nitrogens is 2. The van der Waals surface area contributed by atoms with Crippen molar-refractivity contribution in [3.8, 4) is 0 Å². The summed E-state index contributed by atoms with van der Waals surface area (Å²) in [6.45, 7) is 6.08. The van der Waals surface area contributed by atoms with Crippen molar-refractivity contribution in [3.05, 3.63) is 68.9 Å². The van der Waals surface area contributed by atoms with E-state index in [0.29, 0.717) is 11.9 Å². The highest BCUT2D eigenvalue weighted by atomic mass is 79.9. The number of thioether (sulfide) groups is 1. The number of morpholine rings is 1. The molecule has 1 fully saturated rings. The molecular weight excluding hydrogens is 450 g/mol. The van der Waals surface area contributed by atoms with Crippen LogP contribution < -0.4 is 5.56 Å². The molecule has 5 nitrogen and oxygen atoms in total. The minimum Gasteiger partial charge on any atom is -0.375 e. The fourth-order valence-electron chi connectivity index (χ4n) is 3.60. The summed E-state index contributed by atoms with van der Waals surface area (Å²) >= 11 is 5.05. The number of ether oxygens (including phenoxy) is 1. The monoisotopic (exact) mass is 473 g/mol. The SMILES string of the molecule is CCn1c(SCC2CN(Cc3ccccc3)CCO2)nc2ccc(Br)cc2c1=O. The maximum absolute atomic E-state index is 12.9. The fraction of sp³-hybridized carbons (Fsp3) is 0.364. The fourth-order valence-corrected chi connectivity index (χ4v) is 5.02. The van der Waals surface area contributed by atoms with Gasteiger partial charge in [-0.25, -0.2) is 4.98 Å². The molecule has 2 heterocycles. The molecule has 1 unspecified atom stereocenters. The highest BCUT2D eigenvalue weighted by Gasteiger charge is 2.22. The van der Waals surface area contributed by atoms with Crippen molar-refractivity contribution in [2.24, 2.45) is 0 Å². The van der Waals surface area contributed by atoms with Crippen LogP contribution in [0.2, 0.25) is 0 Å². The average molecular weight is 474 g/mol. The Morgan fingerprint density at radius 3 is 2.86 bits per heavy atom. The van der Waals surface area contributed by atoms with Gasteiger partial charge in [0, 0.05) is 36.4 Å². The summed E-state index contributed by atoms with van der Waals surface area (Å²) in [5.74, 6) is 0.778. The number of hydrogen-bond acceptors (Lipinski definition) is 5. The van der Waals surface area contributed by atoms with Crippen LogP contribution >= 0.6 is 27.7 Å². The first-order valence-electron chi connectivity index (χ1n) is 9.85. The highest BCUT2D eigenvalue weighted by Crippen LogP contribution is 2.23. The second-order valence-corrected chi connectivity index (χ2v) is 9.03. The molecule has 0 spiro atoms. The maximum atomic E-state index is 12.9. The van der Waals surface area contributed by atoms with Gasteiger partial charge in [0.15, 0.2) is 5.16 Å². The Balaban J connectivity index is 1.46. The minimum atomic E-state index is 0.0107. The average Bonchev–Trinajstić information content (AvgIpc) is 2.74. The predicted molar refractivity (Wildman–Crippen MR) is 122 cm³/mol. The molecule has 0 aliphatic carbocycles. The van der Waals surface area contributed by atoms with Crippen LogP contribution in [0.25, 0.3) is 10.9 Å². The van der Waals surface area contributed by atoms with Gasteiger partial charge in [-0.15, -0.1) is 0 Å². The molecule has 4 rings (SSSR count). The third-order valence-electron chi connectivity index (χ3n) is 5.07. The van der Waals surface area contributed by atoms with Crippen LogP contribution in [0.1, 0.15) is 12.5 Å². The van der Waals surface area contributed by atoms with Gasteiger partial charge in [0.2, 0.25) is 0 Å². The van der Waals surface area contributed by atoms with Crippen LogP contribution in [0, 0.1) is 0 Å². The molecule has 0 bridgehead atoms. The molecule has 7 heteroatoms. The lowest BCUT2D eigenvalue weighted by atomic mass is 10.2. The van der Waals surface area contributed by atoms with Gasteiger partial charge >= 0.3 is 0 Å². The Morgan fingerprint density at radius 1 is 1.24 bits per heavy atom. The number of halogens is 1. The van der Waals surface area contributed by atoms with E-state index in [1.165, 1.54) is 5.56 Å². The summed E-state index contributed by atoms with van der Waals surface area (Å²) < 4.78 is 8.63. The van der Waals surface area contributed by atoms with Gasteiger partial charge in [-0.1, -0.05) is 58.0 Å². The van der Waals surface area contributed by atoms with Crippen molar-refractivity contribution in [3.63, 3.8) is 0 Å². The zero-order valence-electron chi connectivity index (χ0n) is 16.4. The Bertz CT molecular complexity index is 1040. The number of fused-ring (bicyclic) bond motifs is 1. The summed E-state index contributed by atoms with van der Waals surface area (Å²) in [7, 11) is 0. The molecule has 0 saturated carbocycles. The number of nitrogens with zero attached hydrogens (tertiary/aromatic N) is 3. The molecule has 3 aromatic rings. The van der Waals surface area contributed by atoms with Crippen molar-refractivity contribution < 1.29 is 4.74 Å². The van der Waals surface area contributed by atoms with Gasteiger partial charge in [0.25, 0.3) is 5.56 Å². The highest BCUT2D eigenvalue weighted by molar-refractivity contribution is 9.10. The quantitative estimate of drug-likeness (QED) is 0.397. The minimum absolute atomic E-state index is 0.0107. The molecule has 0 amide bonds. The van der Waals surface area contributed by atoms with E-state index in [1.807, 2.05) is 31.2 Å². The maximum Gasteiger partial charge on any atom is 0.262 e. The first kappa shape index (κ1) is 20.6. The Kier molecular flexibility index (Phi) is 6.70. The summed E-state index contributed by atoms with van der Waals surface area (Å²) in [6, 6.07) is 16.2. The predicted octanol–water partition coefficient (Wildman–Crippen LogP) is 4.17. The van der Waals surface area contributed by atoms with Gasteiger partial charge in [-0.3, -0.25) is 14.3 Å². The molecule has 2 aromatic carbocycles. The number of hydrogen-bond donors (Lipinski definition) is 0. The summed E-state index contributed by atoms with van der Waals surface area (Å²) in [4.78, 5) is 20.1. The molecule has 1 aliphatic rings. The molecule has 29 heavy (non-hydrogen) atoms. The summed E-state index contributed by atoms with van der Waals surface area (Å²) in [5.41, 5.74) is 2.07. The second kappa shape index (κ2) is 9.43. The van der Waals surface area contributed by atoms with Gasteiger partial charge in [-0.05, 0) is 30.7 Å². The number of benzene rings is 2. The first-order chi connectivity index (χ1) is 14.1. The van der Waals surface area contributed by atoms with Crippen LogP contribution in [-0.2, 0) is 17.8 Å². The van der Waals surface area contributed by atoms with Crippen molar-refractivity contribution >= 4 is 38.6 Å². The van der Waals surface area contributed by atoms with E-state index in [2.05, 4.69) is 45.1 Å². The van der Waals surface area contributed by atoms with Gasteiger partial charge in [0.05, 0.1) is 23.6 Å². The van der Waals surface area contributed by atoms with E-state index < -0.39 is 0 Å². The van der Waals surface area contributed by atoms with E-state index in [1.54, 1.807) is 16.3 Å². The van der Waals surface area contributed by atoms with Crippen molar-refractivity contribution in [2.45, 2.75) is 31.3 Å². The van der Waals surface area contributed by atoms with Gasteiger partial charge < -0.3 is 4.74 Å². The van der Waals surface area contributed by atoms with Crippen molar-refractivity contribution in [1.29, 1.82) is 0 Å². The Morgan fingerprint density at radius 2 is 2.07 bits per heavy atom. The van der Waals surface area contributed by atoms with E-state index in [4.69, 9.17) is 9.72 Å². The van der Waals surface area contributed by atoms with Crippen molar-refractivity contribution in [2.75, 3.05) is 25.4 Å². The molecule has 0 radical (unpaired) electrons. The lowest BCUT2D eigenvalue weighted by Crippen LogP contribution is -2.43. The molecule has 1 saturated heterocycles. The molecule has 0 N–H and O–H groups in total. The van der Waals surface area contributed by atoms with Crippen LogP contribution in [0.3, 0.4) is 0 Å². The molecule has 1 aromatic heterocycles. The van der Waals surface area contributed by atoms with E-state index in [-0.39, 0.29) is 11.7 Å². The van der Waals surface area contributed by atoms with E-state index >= 15 is 0 Å². The molecular formula is C22H24BrN3O2S. The Labute approximate surface area is 183 Å². The second-order valence-electron chi connectivity index (χ2n) is 7.13. The normalized spacial score (nSPS) is 17.7. The largest absolute Gasteiger partial charge is 0.375 e. The van der Waals surface area contributed by atoms with E-state index in [0.717, 1.165) is 47.1 Å². The third-order valence-corrected chi connectivity index (χ3v) is 6.67. The van der Waals surface area contributed by atoms with Crippen LogP contribution in [0.5, 0.6) is 0 Å². The summed E-state index contributed by atoms with van der Waals surface area (Å²) in [6.07, 6.45) is 0.125. The molecule has 1 atom stereocenters. The van der Waals surface area contributed by atoms with E-state index in [9.17, 15) is 4.79 Å². The molecule has 152 valence electrons.